The number of carbonyl (C=O) groups excluding carboxylic acids is 2. The summed E-state index contributed by atoms with van der Waals surface area (Å²) in [4.78, 5) is 44.7. The zero-order valence-corrected chi connectivity index (χ0v) is 32.8. The molecule has 4 atom stereocenters. The highest BCUT2D eigenvalue weighted by Crippen LogP contribution is 2.46. The van der Waals surface area contributed by atoms with Crippen LogP contribution in [-0.2, 0) is 9.59 Å². The van der Waals surface area contributed by atoms with Crippen molar-refractivity contribution in [1.29, 1.82) is 5.26 Å². The van der Waals surface area contributed by atoms with E-state index in [4.69, 9.17) is 4.74 Å². The second-order valence-electron chi connectivity index (χ2n) is 15.8. The van der Waals surface area contributed by atoms with Crippen LogP contribution in [0.5, 0.6) is 11.5 Å². The summed E-state index contributed by atoms with van der Waals surface area (Å²) in [7, 11) is 1.89. The van der Waals surface area contributed by atoms with Gasteiger partial charge in [-0.2, -0.15) is 5.26 Å². The lowest BCUT2D eigenvalue weighted by Crippen LogP contribution is -2.47. The summed E-state index contributed by atoms with van der Waals surface area (Å²) in [5, 5.41) is 15.7. The molecule has 3 N–H and O–H groups in total. The molecule has 2 amide bonds. The number of hydrogen-bond donors (Lipinski definition) is 3. The number of piperidine rings is 1. The first-order chi connectivity index (χ1) is 27.6. The molecular formula is C42H46F2N8O4S. The third-order valence-corrected chi connectivity index (χ3v) is 13.2. The van der Waals surface area contributed by atoms with Crippen molar-refractivity contribution >= 4 is 46.2 Å². The second-order valence-corrected chi connectivity index (χ2v) is 16.8. The van der Waals surface area contributed by atoms with Crippen molar-refractivity contribution in [2.75, 3.05) is 36.7 Å². The highest BCUT2D eigenvalue weighted by atomic mass is 32.2. The summed E-state index contributed by atoms with van der Waals surface area (Å²) in [6.45, 7) is 4.71. The molecule has 1 aromatic heterocycles. The molecule has 4 aliphatic rings. The van der Waals surface area contributed by atoms with E-state index in [0.717, 1.165) is 58.2 Å². The van der Waals surface area contributed by atoms with Crippen molar-refractivity contribution in [2.45, 2.75) is 82.3 Å². The monoisotopic (exact) mass is 796 g/mol. The molecule has 3 aromatic carbocycles. The van der Waals surface area contributed by atoms with Gasteiger partial charge in [0.25, 0.3) is 5.56 Å². The van der Waals surface area contributed by atoms with Crippen LogP contribution < -0.4 is 25.7 Å². The summed E-state index contributed by atoms with van der Waals surface area (Å²) in [5.41, 5.74) is 2.03. The number of imide groups is 1. The van der Waals surface area contributed by atoms with Crippen LogP contribution in [-0.4, -0.2) is 69.3 Å². The summed E-state index contributed by atoms with van der Waals surface area (Å²) < 4.78 is 43.1. The number of fused-ring (bicyclic) bond motifs is 2. The molecule has 0 radical (unpaired) electrons. The number of nitrogens with one attached hydrogen (secondary N) is 3. The first-order valence-electron chi connectivity index (χ1n) is 19.8. The van der Waals surface area contributed by atoms with Gasteiger partial charge in [0, 0.05) is 56.0 Å². The highest BCUT2D eigenvalue weighted by molar-refractivity contribution is 7.98. The Kier molecular flexibility index (Phi) is 11.2. The molecule has 0 bridgehead atoms. The Balaban J connectivity index is 0.876. The quantitative estimate of drug-likeness (QED) is 0.106. The largest absolute Gasteiger partial charge is 0.453 e. The Morgan fingerprint density at radius 1 is 0.982 bits per heavy atom. The Morgan fingerprint density at radius 2 is 1.75 bits per heavy atom. The van der Waals surface area contributed by atoms with Gasteiger partial charge in [-0.3, -0.25) is 29.2 Å². The van der Waals surface area contributed by atoms with E-state index in [0.29, 0.717) is 52.1 Å². The lowest BCUT2D eigenvalue weighted by molar-refractivity contribution is -0.133. The first-order valence-corrected chi connectivity index (χ1v) is 20.5. The van der Waals surface area contributed by atoms with Crippen molar-refractivity contribution in [2.24, 2.45) is 11.8 Å². The number of likely N-dealkylation sites (tertiary alicyclic amines) is 1. The van der Waals surface area contributed by atoms with E-state index in [1.54, 1.807) is 29.1 Å². The minimum atomic E-state index is -0.684. The number of halogens is 2. The zero-order valence-electron chi connectivity index (χ0n) is 32.0. The summed E-state index contributed by atoms with van der Waals surface area (Å²) in [5.74, 6) is -0.517. The predicted octanol–water partition coefficient (Wildman–Crippen LogP) is 7.09. The van der Waals surface area contributed by atoms with E-state index < -0.39 is 11.9 Å². The molecule has 8 rings (SSSR count). The van der Waals surface area contributed by atoms with Gasteiger partial charge in [0.1, 0.15) is 29.2 Å². The molecule has 12 nitrogen and oxygen atoms in total. The molecule has 298 valence electrons. The third kappa shape index (κ3) is 8.08. The predicted molar refractivity (Wildman–Crippen MR) is 215 cm³/mol. The molecule has 15 heteroatoms. The lowest BCUT2D eigenvalue weighted by Gasteiger charge is -2.35. The topological polar surface area (TPSA) is 145 Å². The number of ether oxygens (including phenoxy) is 1. The van der Waals surface area contributed by atoms with Crippen LogP contribution in [0.4, 0.5) is 20.2 Å². The van der Waals surface area contributed by atoms with Gasteiger partial charge in [-0.25, -0.2) is 18.1 Å². The number of carbonyl (C=O) groups is 2. The summed E-state index contributed by atoms with van der Waals surface area (Å²) >= 11 is 1.29. The van der Waals surface area contributed by atoms with E-state index in [-0.39, 0.29) is 58.6 Å². The highest BCUT2D eigenvalue weighted by Gasteiger charge is 2.44. The molecule has 4 fully saturated rings. The minimum absolute atomic E-state index is 0.0198. The van der Waals surface area contributed by atoms with E-state index in [1.807, 2.05) is 30.4 Å². The van der Waals surface area contributed by atoms with Crippen LogP contribution in [0.15, 0.2) is 59.7 Å². The fourth-order valence-corrected chi connectivity index (χ4v) is 9.72. The van der Waals surface area contributed by atoms with Gasteiger partial charge in [0.2, 0.25) is 11.8 Å². The maximum absolute atomic E-state index is 15.3. The van der Waals surface area contributed by atoms with Gasteiger partial charge in [0.05, 0.1) is 22.9 Å². The Hall–Kier alpha value is -5.04. The number of rotatable bonds is 11. The fourth-order valence-electron chi connectivity index (χ4n) is 9.16. The maximum Gasteiger partial charge on any atom is 0.261 e. The number of nitriles is 1. The molecule has 57 heavy (non-hydrogen) atoms. The molecule has 2 aliphatic carbocycles. The Labute approximate surface area is 334 Å². The normalized spacial score (nSPS) is 25.0. The molecule has 2 saturated carbocycles. The number of hydrogen-bond acceptors (Lipinski definition) is 11. The van der Waals surface area contributed by atoms with E-state index >= 15 is 8.78 Å². The minimum Gasteiger partial charge on any atom is -0.453 e. The van der Waals surface area contributed by atoms with Crippen molar-refractivity contribution < 1.29 is 23.1 Å². The number of anilines is 2. The van der Waals surface area contributed by atoms with Crippen LogP contribution in [0.25, 0.3) is 10.9 Å². The van der Waals surface area contributed by atoms with Crippen molar-refractivity contribution in [3.8, 4) is 17.6 Å². The zero-order chi connectivity index (χ0) is 39.8. The van der Waals surface area contributed by atoms with E-state index in [9.17, 15) is 19.6 Å². The Bertz CT molecular complexity index is 2280. The Morgan fingerprint density at radius 3 is 2.46 bits per heavy atom. The standard InChI is InChI=1S/C42H46F2N8O4S/c1-3-50(2)57-49-37-13-11-34(43)40(33(37)20-45)56-30-9-12-36-32(19-30)42(55)52(23-46-36)29-16-25-21-51(22-26(25)17-29)28-7-4-24(5-8-28)31-10-6-27(18-35(31)44)47-38-14-15-39(53)48-41(38)54/h6,9-13,18-19,23-26,28-29,38,47,49H,3-5,7-8,14-17,21-22H2,1-2H3,(H,48,53,54)/t24?,25-,26+,28?,29?,38?. The van der Waals surface area contributed by atoms with Crippen LogP contribution in [0, 0.1) is 34.8 Å². The first kappa shape index (κ1) is 38.8. The van der Waals surface area contributed by atoms with Gasteiger partial charge in [-0.05, 0) is 118 Å². The van der Waals surface area contributed by atoms with Gasteiger partial charge >= 0.3 is 0 Å². The van der Waals surface area contributed by atoms with Gasteiger partial charge in [0.15, 0.2) is 11.6 Å². The molecule has 4 aromatic rings. The molecule has 2 unspecified atom stereocenters. The van der Waals surface area contributed by atoms with Gasteiger partial charge < -0.3 is 14.8 Å². The maximum atomic E-state index is 15.3. The number of amides is 2. The van der Waals surface area contributed by atoms with E-state index in [2.05, 4.69) is 31.3 Å². The lowest BCUT2D eigenvalue weighted by atomic mass is 9.81. The molecular weight excluding hydrogens is 751 g/mol. The van der Waals surface area contributed by atoms with Crippen LogP contribution in [0.2, 0.25) is 0 Å². The number of nitrogens with zero attached hydrogens (tertiary/aromatic N) is 5. The number of aromatic nitrogens is 2. The molecule has 2 saturated heterocycles. The summed E-state index contributed by atoms with van der Waals surface area (Å²) in [6.07, 6.45) is 7.85. The van der Waals surface area contributed by atoms with Crippen molar-refractivity contribution in [3.05, 3.63) is 88.0 Å². The third-order valence-electron chi connectivity index (χ3n) is 12.3. The fraction of sp³-hybridized carbons (Fsp3) is 0.452. The number of benzene rings is 3. The molecule has 3 heterocycles. The molecule has 2 aliphatic heterocycles. The van der Waals surface area contributed by atoms with Gasteiger partial charge in [-0.15, -0.1) is 0 Å². The van der Waals surface area contributed by atoms with E-state index in [1.165, 1.54) is 30.3 Å². The average Bonchev–Trinajstić information content (AvgIpc) is 3.80. The second kappa shape index (κ2) is 16.4. The average molecular weight is 797 g/mol. The van der Waals surface area contributed by atoms with Crippen molar-refractivity contribution in [3.63, 3.8) is 0 Å². The SMILES string of the molecule is CCN(C)SNc1ccc(F)c(Oc2ccc3ncn(C4C[C@@H]5CN(C6CCC(c7ccc(NC8CCC(=O)NC8=O)cc7F)CC6)C[C@@H]5C4)c(=O)c3c2)c1C#N. The summed E-state index contributed by atoms with van der Waals surface area (Å²) in [6, 6.07) is 14.7. The van der Waals surface area contributed by atoms with Crippen LogP contribution in [0.3, 0.4) is 0 Å². The van der Waals surface area contributed by atoms with Gasteiger partial charge in [-0.1, -0.05) is 13.0 Å². The molecule has 0 spiro atoms. The van der Waals surface area contributed by atoms with Crippen LogP contribution in [0.1, 0.15) is 81.4 Å². The van der Waals surface area contributed by atoms with Crippen molar-refractivity contribution in [1.82, 2.24) is 24.1 Å². The van der Waals surface area contributed by atoms with Crippen LogP contribution >= 0.6 is 12.1 Å². The smallest absolute Gasteiger partial charge is 0.261 e.